The smallest absolute Gasteiger partial charge is 0.311 e. The van der Waals surface area contributed by atoms with Crippen molar-refractivity contribution in [2.24, 2.45) is 0 Å². The van der Waals surface area contributed by atoms with Gasteiger partial charge in [0, 0.05) is 10.0 Å². The molecule has 2 aromatic rings. The first kappa shape index (κ1) is 20.2. The molecule has 0 bridgehead atoms. The van der Waals surface area contributed by atoms with Crippen LogP contribution in [0.3, 0.4) is 0 Å². The lowest BCUT2D eigenvalue weighted by Crippen LogP contribution is -2.37. The van der Waals surface area contributed by atoms with Gasteiger partial charge < -0.3 is 10.1 Å². The van der Waals surface area contributed by atoms with Crippen LogP contribution < -0.4 is 5.32 Å². The summed E-state index contributed by atoms with van der Waals surface area (Å²) in [6.45, 7) is 3.20. The Bertz CT molecular complexity index is 813. The van der Waals surface area contributed by atoms with E-state index in [0.29, 0.717) is 15.6 Å². The lowest BCUT2D eigenvalue weighted by molar-refractivity contribution is -0.154. The molecule has 2 atom stereocenters. The number of rotatable bonds is 6. The molecule has 0 aliphatic rings. The van der Waals surface area contributed by atoms with Gasteiger partial charge in [0.2, 0.25) is 0 Å². The molecule has 0 aromatic heterocycles. The normalized spacial score (nSPS) is 13.0. The monoisotopic (exact) mass is 397 g/mol. The molecule has 1 amide bonds. The van der Waals surface area contributed by atoms with Crippen molar-refractivity contribution >= 4 is 35.1 Å². The van der Waals surface area contributed by atoms with Crippen molar-refractivity contribution in [1.29, 1.82) is 0 Å². The van der Waals surface area contributed by atoms with Crippen LogP contribution in [0, 0.1) is 5.82 Å². The van der Waals surface area contributed by atoms with Gasteiger partial charge in [-0.1, -0.05) is 47.5 Å². The third-order valence-corrected chi connectivity index (χ3v) is 4.32. The summed E-state index contributed by atoms with van der Waals surface area (Å²) >= 11 is 12.0. The van der Waals surface area contributed by atoms with Gasteiger partial charge in [-0.3, -0.25) is 9.59 Å². The highest BCUT2D eigenvalue weighted by molar-refractivity contribution is 6.35. The second-order valence-corrected chi connectivity index (χ2v) is 6.64. The first-order valence-electron chi connectivity index (χ1n) is 7.96. The number of carbonyl (C=O) groups excluding carboxylic acids is 2. The van der Waals surface area contributed by atoms with Crippen molar-refractivity contribution in [3.63, 3.8) is 0 Å². The summed E-state index contributed by atoms with van der Waals surface area (Å²) in [4.78, 5) is 24.2. The zero-order valence-electron chi connectivity index (χ0n) is 14.3. The largest absolute Gasteiger partial charge is 0.452 e. The summed E-state index contributed by atoms with van der Waals surface area (Å²) in [6.07, 6.45) is -1.27. The van der Waals surface area contributed by atoms with E-state index in [2.05, 4.69) is 5.32 Å². The number of hydrogen-bond donors (Lipinski definition) is 1. The Hall–Kier alpha value is -2.11. The summed E-state index contributed by atoms with van der Waals surface area (Å²) in [7, 11) is 0. The quantitative estimate of drug-likeness (QED) is 0.730. The van der Waals surface area contributed by atoms with Crippen LogP contribution in [0.5, 0.6) is 0 Å². The zero-order valence-corrected chi connectivity index (χ0v) is 15.8. The van der Waals surface area contributed by atoms with Crippen molar-refractivity contribution in [1.82, 2.24) is 5.32 Å². The summed E-state index contributed by atoms with van der Waals surface area (Å²) in [5.74, 6) is -1.66. The number of hydrogen-bond acceptors (Lipinski definition) is 3. The van der Waals surface area contributed by atoms with Crippen LogP contribution in [0.15, 0.2) is 42.5 Å². The molecular formula is C19H18Cl2FNO3. The Balaban J connectivity index is 1.92. The third kappa shape index (κ3) is 5.44. The van der Waals surface area contributed by atoms with Gasteiger partial charge in [0.1, 0.15) is 5.82 Å². The van der Waals surface area contributed by atoms with Crippen LogP contribution in [0.2, 0.25) is 10.0 Å². The second kappa shape index (κ2) is 9.01. The second-order valence-electron chi connectivity index (χ2n) is 5.80. The molecule has 0 radical (unpaired) electrons. The Labute approximate surface area is 161 Å². The summed E-state index contributed by atoms with van der Waals surface area (Å²) in [6, 6.07) is 10.5. The van der Waals surface area contributed by atoms with Gasteiger partial charge in [0.15, 0.2) is 6.10 Å². The Morgan fingerprint density at radius 1 is 1.15 bits per heavy atom. The zero-order chi connectivity index (χ0) is 19.3. The van der Waals surface area contributed by atoms with Gasteiger partial charge in [-0.05, 0) is 43.2 Å². The first-order chi connectivity index (χ1) is 12.3. The van der Waals surface area contributed by atoms with Gasteiger partial charge in [-0.2, -0.15) is 0 Å². The van der Waals surface area contributed by atoms with E-state index in [1.54, 1.807) is 31.2 Å². The van der Waals surface area contributed by atoms with Crippen molar-refractivity contribution in [2.45, 2.75) is 32.4 Å². The minimum atomic E-state index is -1.03. The predicted molar refractivity (Wildman–Crippen MR) is 98.7 cm³/mol. The maximum absolute atomic E-state index is 13.6. The predicted octanol–water partition coefficient (Wildman–Crippen LogP) is 4.48. The molecule has 1 N–H and O–H groups in total. The number of ether oxygens (including phenoxy) is 1. The average molecular weight is 398 g/mol. The fourth-order valence-corrected chi connectivity index (χ4v) is 2.92. The lowest BCUT2D eigenvalue weighted by Gasteiger charge is -2.19. The van der Waals surface area contributed by atoms with Crippen molar-refractivity contribution in [2.75, 3.05) is 0 Å². The number of carbonyl (C=O) groups is 2. The van der Waals surface area contributed by atoms with E-state index < -0.39 is 29.8 Å². The molecule has 0 saturated carbocycles. The molecule has 0 aliphatic heterocycles. The van der Waals surface area contributed by atoms with E-state index >= 15 is 0 Å². The van der Waals surface area contributed by atoms with Crippen LogP contribution in [-0.2, 0) is 20.7 Å². The highest BCUT2D eigenvalue weighted by Crippen LogP contribution is 2.26. The minimum Gasteiger partial charge on any atom is -0.452 e. The maximum Gasteiger partial charge on any atom is 0.311 e. The summed E-state index contributed by atoms with van der Waals surface area (Å²) in [5.41, 5.74) is 0.903. The van der Waals surface area contributed by atoms with Gasteiger partial charge in [0.25, 0.3) is 5.91 Å². The van der Waals surface area contributed by atoms with Crippen LogP contribution in [-0.4, -0.2) is 18.0 Å². The standard InChI is InChI=1S/C19H18Cl2FNO3/c1-11(15-8-7-14(20)10-16(15)21)23-19(25)12(2)26-18(24)9-13-5-3-4-6-17(13)22/h3-8,10-12H,9H2,1-2H3,(H,23,25). The first-order valence-corrected chi connectivity index (χ1v) is 8.71. The molecule has 0 aliphatic carbocycles. The molecule has 0 heterocycles. The molecule has 138 valence electrons. The topological polar surface area (TPSA) is 55.4 Å². The highest BCUT2D eigenvalue weighted by Gasteiger charge is 2.21. The van der Waals surface area contributed by atoms with E-state index in [-0.39, 0.29) is 12.0 Å². The molecule has 2 unspecified atom stereocenters. The molecule has 0 saturated heterocycles. The minimum absolute atomic E-state index is 0.214. The van der Waals surface area contributed by atoms with Gasteiger partial charge in [0.05, 0.1) is 12.5 Å². The van der Waals surface area contributed by atoms with E-state index in [4.69, 9.17) is 27.9 Å². The molecule has 0 spiro atoms. The van der Waals surface area contributed by atoms with E-state index in [1.165, 1.54) is 25.1 Å². The number of esters is 1. The molecule has 7 heteroatoms. The van der Waals surface area contributed by atoms with Gasteiger partial charge >= 0.3 is 5.97 Å². The van der Waals surface area contributed by atoms with Crippen LogP contribution in [0.25, 0.3) is 0 Å². The SMILES string of the molecule is CC(OC(=O)Cc1ccccc1F)C(=O)NC(C)c1ccc(Cl)cc1Cl. The van der Waals surface area contributed by atoms with E-state index in [9.17, 15) is 14.0 Å². The summed E-state index contributed by atoms with van der Waals surface area (Å²) in [5, 5.41) is 3.64. The molecule has 4 nitrogen and oxygen atoms in total. The van der Waals surface area contributed by atoms with E-state index in [0.717, 1.165) is 0 Å². The average Bonchev–Trinajstić information content (AvgIpc) is 2.56. The number of amides is 1. The summed E-state index contributed by atoms with van der Waals surface area (Å²) < 4.78 is 18.6. The Morgan fingerprint density at radius 3 is 2.50 bits per heavy atom. The van der Waals surface area contributed by atoms with Crippen molar-refractivity contribution < 1.29 is 18.7 Å². The Kier molecular flexibility index (Phi) is 7.00. The van der Waals surface area contributed by atoms with Crippen LogP contribution >= 0.6 is 23.2 Å². The number of benzene rings is 2. The van der Waals surface area contributed by atoms with Crippen LogP contribution in [0.1, 0.15) is 31.0 Å². The van der Waals surface area contributed by atoms with Crippen LogP contribution in [0.4, 0.5) is 4.39 Å². The molecule has 2 rings (SSSR count). The van der Waals surface area contributed by atoms with Gasteiger partial charge in [-0.25, -0.2) is 4.39 Å². The number of nitrogens with one attached hydrogen (secondary N) is 1. The molecule has 0 fully saturated rings. The fourth-order valence-electron chi connectivity index (χ4n) is 2.35. The van der Waals surface area contributed by atoms with Gasteiger partial charge in [-0.15, -0.1) is 0 Å². The van der Waals surface area contributed by atoms with E-state index in [1.807, 2.05) is 0 Å². The van der Waals surface area contributed by atoms with Crippen molar-refractivity contribution in [3.05, 3.63) is 69.5 Å². The molecule has 2 aromatic carbocycles. The Morgan fingerprint density at radius 2 is 1.85 bits per heavy atom. The molecular weight excluding hydrogens is 380 g/mol. The molecule has 26 heavy (non-hydrogen) atoms. The number of halogens is 3. The third-order valence-electron chi connectivity index (χ3n) is 3.76. The lowest BCUT2D eigenvalue weighted by atomic mass is 10.1. The fraction of sp³-hybridized carbons (Fsp3) is 0.263. The maximum atomic E-state index is 13.6. The highest BCUT2D eigenvalue weighted by atomic mass is 35.5. The van der Waals surface area contributed by atoms with Crippen molar-refractivity contribution in [3.8, 4) is 0 Å².